The number of terminal acetylenes is 1. The van der Waals surface area contributed by atoms with Gasteiger partial charge in [-0.25, -0.2) is 4.98 Å². The number of nitrogens with one attached hydrogen (secondary N) is 3. The van der Waals surface area contributed by atoms with E-state index in [1.165, 1.54) is 5.56 Å². The Labute approximate surface area is 215 Å². The number of carbonyl (C=O) groups excluding carboxylic acids is 2. The molecule has 2 aromatic carbocycles. The molecular weight excluding hydrogens is 468 g/mol. The lowest BCUT2D eigenvalue weighted by molar-refractivity contribution is -0.111. The zero-order chi connectivity index (χ0) is 25.8. The predicted molar refractivity (Wildman–Crippen MR) is 142 cm³/mol. The van der Waals surface area contributed by atoms with Crippen molar-refractivity contribution in [3.8, 4) is 18.1 Å². The van der Waals surface area contributed by atoms with Crippen LogP contribution in [0.1, 0.15) is 45.8 Å². The molecule has 3 heterocycles. The first kappa shape index (κ1) is 24.1. The molecule has 0 saturated carbocycles. The molecule has 0 radical (unpaired) electrons. The number of nitrogens with zero attached hydrogens (tertiary/aromatic N) is 1. The molecule has 0 bridgehead atoms. The van der Waals surface area contributed by atoms with Crippen molar-refractivity contribution in [3.05, 3.63) is 83.6 Å². The zero-order valence-corrected chi connectivity index (χ0v) is 20.2. The maximum absolute atomic E-state index is 13.0. The van der Waals surface area contributed by atoms with E-state index in [4.69, 9.17) is 15.9 Å². The average molecular weight is 495 g/mol. The molecule has 2 aliphatic rings. The van der Waals surface area contributed by atoms with Gasteiger partial charge in [-0.05, 0) is 72.9 Å². The van der Waals surface area contributed by atoms with Gasteiger partial charge in [0.05, 0.1) is 11.4 Å². The summed E-state index contributed by atoms with van der Waals surface area (Å²) in [5.41, 5.74) is 4.75. The molecule has 8 nitrogen and oxygen atoms in total. The Bertz CT molecular complexity index is 1420. The maximum Gasteiger partial charge on any atom is 0.255 e. The van der Waals surface area contributed by atoms with Gasteiger partial charge in [-0.1, -0.05) is 12.5 Å². The fourth-order valence-electron chi connectivity index (χ4n) is 4.57. The molecule has 1 saturated heterocycles. The normalized spacial score (nSPS) is 14.5. The number of carbonyl (C=O) groups is 2. The Hall–Kier alpha value is -4.61. The summed E-state index contributed by atoms with van der Waals surface area (Å²) < 4.78 is 11.7. The van der Waals surface area contributed by atoms with Crippen LogP contribution in [0.25, 0.3) is 0 Å². The van der Waals surface area contributed by atoms with Crippen molar-refractivity contribution >= 4 is 34.7 Å². The van der Waals surface area contributed by atoms with Gasteiger partial charge in [-0.2, -0.15) is 0 Å². The van der Waals surface area contributed by atoms with Crippen LogP contribution in [0.5, 0.6) is 5.75 Å². The van der Waals surface area contributed by atoms with E-state index in [9.17, 15) is 9.59 Å². The van der Waals surface area contributed by atoms with E-state index < -0.39 is 0 Å². The van der Waals surface area contributed by atoms with E-state index in [1.54, 1.807) is 24.3 Å². The number of hydrogen-bond acceptors (Lipinski definition) is 6. The Morgan fingerprint density at radius 3 is 2.76 bits per heavy atom. The number of pyridine rings is 1. The summed E-state index contributed by atoms with van der Waals surface area (Å²) in [4.78, 5) is 29.2. The lowest BCUT2D eigenvalue weighted by Gasteiger charge is -2.24. The molecule has 1 aromatic heterocycles. The summed E-state index contributed by atoms with van der Waals surface area (Å²) >= 11 is 0. The van der Waals surface area contributed by atoms with Gasteiger partial charge >= 0.3 is 0 Å². The van der Waals surface area contributed by atoms with E-state index >= 15 is 0 Å². The topological polar surface area (TPSA) is 102 Å². The summed E-state index contributed by atoms with van der Waals surface area (Å²) in [7, 11) is 0. The van der Waals surface area contributed by atoms with Crippen LogP contribution < -0.4 is 20.7 Å². The first-order valence-corrected chi connectivity index (χ1v) is 12.0. The van der Waals surface area contributed by atoms with Crippen molar-refractivity contribution < 1.29 is 19.1 Å². The number of anilines is 4. The van der Waals surface area contributed by atoms with E-state index in [-0.39, 0.29) is 11.8 Å². The first-order valence-electron chi connectivity index (χ1n) is 12.0. The Kier molecular flexibility index (Phi) is 6.88. The van der Waals surface area contributed by atoms with Crippen LogP contribution in [0.2, 0.25) is 0 Å². The largest absolute Gasteiger partial charge is 0.487 e. The van der Waals surface area contributed by atoms with Crippen molar-refractivity contribution in [3.63, 3.8) is 0 Å². The van der Waals surface area contributed by atoms with Crippen molar-refractivity contribution in [2.75, 3.05) is 29.2 Å². The molecule has 37 heavy (non-hydrogen) atoms. The summed E-state index contributed by atoms with van der Waals surface area (Å²) in [5, 5.41) is 8.92. The van der Waals surface area contributed by atoms with Crippen LogP contribution >= 0.6 is 0 Å². The van der Waals surface area contributed by atoms with Crippen LogP contribution in [-0.2, 0) is 16.1 Å². The average Bonchev–Trinajstić information content (AvgIpc) is 3.12. The predicted octanol–water partition coefficient (Wildman–Crippen LogP) is 4.97. The summed E-state index contributed by atoms with van der Waals surface area (Å²) in [6.07, 6.45) is 10.5. The van der Waals surface area contributed by atoms with Gasteiger partial charge in [-0.15, -0.1) is 6.42 Å². The van der Waals surface area contributed by atoms with Crippen LogP contribution in [0, 0.1) is 12.3 Å². The van der Waals surface area contributed by atoms with E-state index in [0.717, 1.165) is 43.5 Å². The molecule has 8 heteroatoms. The number of benzene rings is 2. The SMILES string of the molecule is C#Cc1cc(C(=O)Nc2ccc3c(c2)Nc2nccc(C4CCOCC4)c2CO3)ccc1NC(=O)C=C. The number of rotatable bonds is 5. The fourth-order valence-corrected chi connectivity index (χ4v) is 4.57. The molecule has 3 N–H and O–H groups in total. The van der Waals surface area contributed by atoms with Gasteiger partial charge in [0.1, 0.15) is 18.2 Å². The minimum Gasteiger partial charge on any atom is -0.487 e. The third-order valence-corrected chi connectivity index (χ3v) is 6.50. The third kappa shape index (κ3) is 5.17. The monoisotopic (exact) mass is 494 g/mol. The quantitative estimate of drug-likeness (QED) is 0.342. The van der Waals surface area contributed by atoms with Crippen molar-refractivity contribution in [2.45, 2.75) is 25.4 Å². The number of ether oxygens (including phenoxy) is 2. The molecule has 1 fully saturated rings. The number of aromatic nitrogens is 1. The van der Waals surface area contributed by atoms with Gasteiger partial charge in [0.15, 0.2) is 0 Å². The number of hydrogen-bond donors (Lipinski definition) is 3. The second kappa shape index (κ2) is 10.6. The van der Waals surface area contributed by atoms with E-state index in [2.05, 4.69) is 39.5 Å². The van der Waals surface area contributed by atoms with E-state index in [1.807, 2.05) is 18.3 Å². The molecule has 2 amide bonds. The zero-order valence-electron chi connectivity index (χ0n) is 20.2. The molecule has 186 valence electrons. The third-order valence-electron chi connectivity index (χ3n) is 6.50. The maximum atomic E-state index is 13.0. The molecule has 5 rings (SSSR count). The number of fused-ring (bicyclic) bond motifs is 2. The molecule has 0 spiro atoms. The highest BCUT2D eigenvalue weighted by molar-refractivity contribution is 6.06. The van der Waals surface area contributed by atoms with Gasteiger partial charge < -0.3 is 25.4 Å². The molecule has 0 unspecified atom stereocenters. The van der Waals surface area contributed by atoms with Crippen LogP contribution in [0.4, 0.5) is 22.9 Å². The van der Waals surface area contributed by atoms with E-state index in [0.29, 0.717) is 46.5 Å². The molecular formula is C29H26N4O4. The second-order valence-corrected chi connectivity index (χ2v) is 8.79. The highest BCUT2D eigenvalue weighted by Crippen LogP contribution is 2.39. The summed E-state index contributed by atoms with van der Waals surface area (Å²) in [6.45, 7) is 5.35. The van der Waals surface area contributed by atoms with Gasteiger partial charge in [0, 0.05) is 41.8 Å². The standard InChI is InChI=1S/C29H26N4O4/c1-3-18-15-20(5-7-24(18)32-27(34)4-2)29(35)31-21-6-8-26-25(16-21)33-28-23(17-37-26)22(9-12-30-28)19-10-13-36-14-11-19/h1,4-9,12,15-16,19H,2,10-11,13-14,17H2,(H,30,33)(H,31,35)(H,32,34). The van der Waals surface area contributed by atoms with Gasteiger partial charge in [-0.3, -0.25) is 9.59 Å². The first-order chi connectivity index (χ1) is 18.1. The molecule has 0 aliphatic carbocycles. The Morgan fingerprint density at radius 1 is 1.14 bits per heavy atom. The highest BCUT2D eigenvalue weighted by atomic mass is 16.5. The smallest absolute Gasteiger partial charge is 0.255 e. The fraction of sp³-hybridized carbons (Fsp3) is 0.207. The van der Waals surface area contributed by atoms with Crippen LogP contribution in [-0.4, -0.2) is 30.0 Å². The molecule has 3 aromatic rings. The Morgan fingerprint density at radius 2 is 1.97 bits per heavy atom. The second-order valence-electron chi connectivity index (χ2n) is 8.79. The number of amides is 2. The lowest BCUT2D eigenvalue weighted by Crippen LogP contribution is -2.16. The minimum atomic E-state index is -0.385. The van der Waals surface area contributed by atoms with Crippen LogP contribution in [0.15, 0.2) is 61.3 Å². The van der Waals surface area contributed by atoms with Crippen molar-refractivity contribution in [1.29, 1.82) is 0 Å². The van der Waals surface area contributed by atoms with Gasteiger partial charge in [0.2, 0.25) is 5.91 Å². The Balaban J connectivity index is 1.35. The minimum absolute atomic E-state index is 0.340. The summed E-state index contributed by atoms with van der Waals surface area (Å²) in [5.74, 6) is 3.61. The van der Waals surface area contributed by atoms with Gasteiger partial charge in [0.25, 0.3) is 5.91 Å². The molecule has 0 atom stereocenters. The summed E-state index contributed by atoms with van der Waals surface area (Å²) in [6, 6.07) is 12.2. The highest BCUT2D eigenvalue weighted by Gasteiger charge is 2.24. The lowest BCUT2D eigenvalue weighted by atomic mass is 9.89. The van der Waals surface area contributed by atoms with Crippen LogP contribution in [0.3, 0.4) is 0 Å². The van der Waals surface area contributed by atoms with Crippen molar-refractivity contribution in [1.82, 2.24) is 4.98 Å². The van der Waals surface area contributed by atoms with Crippen molar-refractivity contribution in [2.24, 2.45) is 0 Å². The molecule has 2 aliphatic heterocycles.